The van der Waals surface area contributed by atoms with Gasteiger partial charge in [-0.2, -0.15) is 0 Å². The Bertz CT molecular complexity index is 792. The van der Waals surface area contributed by atoms with E-state index in [0.29, 0.717) is 31.0 Å². The van der Waals surface area contributed by atoms with E-state index in [-0.39, 0.29) is 24.3 Å². The highest BCUT2D eigenvalue weighted by molar-refractivity contribution is 5.94. The van der Waals surface area contributed by atoms with Crippen molar-refractivity contribution >= 4 is 23.6 Å². The summed E-state index contributed by atoms with van der Waals surface area (Å²) < 4.78 is 4.78. The largest absolute Gasteiger partial charge is 0.481 e. The molecule has 1 aliphatic rings. The number of carbonyl (C=O) groups is 3. The molecule has 1 aromatic carbocycles. The van der Waals surface area contributed by atoms with Crippen LogP contribution in [0.15, 0.2) is 24.3 Å². The molecule has 1 aromatic rings. The normalized spacial score (nSPS) is 15.0. The van der Waals surface area contributed by atoms with Gasteiger partial charge in [0.25, 0.3) is 0 Å². The summed E-state index contributed by atoms with van der Waals surface area (Å²) >= 11 is 0. The predicted molar refractivity (Wildman–Crippen MR) is 149 cm³/mol. The van der Waals surface area contributed by atoms with Crippen LogP contribution in [0.4, 0.5) is 10.5 Å². The number of rotatable bonds is 14. The minimum Gasteiger partial charge on any atom is -0.481 e. The minimum atomic E-state index is -0.831. The molecule has 0 spiro atoms. The lowest BCUT2D eigenvalue weighted by Crippen LogP contribution is -2.52. The zero-order valence-corrected chi connectivity index (χ0v) is 23.3. The monoisotopic (exact) mass is 519 g/mol. The zero-order chi connectivity index (χ0) is 27.5. The Morgan fingerprint density at radius 3 is 2.41 bits per heavy atom. The van der Waals surface area contributed by atoms with E-state index in [9.17, 15) is 14.4 Å². The van der Waals surface area contributed by atoms with Crippen LogP contribution in [-0.2, 0) is 14.3 Å². The van der Waals surface area contributed by atoms with Gasteiger partial charge in [0.15, 0.2) is 0 Å². The molecule has 1 saturated carbocycles. The van der Waals surface area contributed by atoms with Crippen molar-refractivity contribution in [3.05, 3.63) is 29.8 Å². The summed E-state index contributed by atoms with van der Waals surface area (Å²) in [5.74, 6) is -0.496. The van der Waals surface area contributed by atoms with Gasteiger partial charge in [-0.05, 0) is 68.1 Å². The van der Waals surface area contributed by atoms with E-state index in [0.717, 1.165) is 45.1 Å². The molecule has 8 nitrogen and oxygen atoms in total. The Hall–Kier alpha value is -2.61. The number of unbranched alkanes of at least 4 members (excludes halogenated alkanes) is 2. The Kier molecular flexibility index (Phi) is 17.1. The number of ether oxygens (including phenoxy) is 1. The van der Waals surface area contributed by atoms with Crippen molar-refractivity contribution in [3.63, 3.8) is 0 Å². The van der Waals surface area contributed by atoms with Crippen LogP contribution in [-0.4, -0.2) is 49.3 Å². The first-order chi connectivity index (χ1) is 17.8. The summed E-state index contributed by atoms with van der Waals surface area (Å²) in [6.45, 7) is 7.76. The molecule has 2 atom stereocenters. The number of carboxylic acid groups (broad SMARTS) is 1. The van der Waals surface area contributed by atoms with E-state index < -0.39 is 12.0 Å². The average molecular weight is 520 g/mol. The number of hydrogen-bond acceptors (Lipinski definition) is 4. The first-order valence-electron chi connectivity index (χ1n) is 14.0. The number of methoxy groups -OCH3 is 1. The molecule has 4 N–H and O–H groups in total. The molecular formula is C29H49N3O5. The fourth-order valence-electron chi connectivity index (χ4n) is 4.34. The average Bonchev–Trinajstić information content (AvgIpc) is 2.90. The maximum atomic E-state index is 12.8. The number of nitrogens with one attached hydrogen (secondary N) is 3. The van der Waals surface area contributed by atoms with E-state index in [1.807, 2.05) is 18.2 Å². The van der Waals surface area contributed by atoms with E-state index in [1.165, 1.54) is 18.4 Å². The lowest BCUT2D eigenvalue weighted by atomic mass is 9.83. The topological polar surface area (TPSA) is 117 Å². The minimum absolute atomic E-state index is 0.0955. The molecule has 0 radical (unpaired) electrons. The van der Waals surface area contributed by atoms with Gasteiger partial charge >= 0.3 is 12.0 Å². The molecule has 0 saturated heterocycles. The highest BCUT2D eigenvalue weighted by Crippen LogP contribution is 2.27. The van der Waals surface area contributed by atoms with Gasteiger partial charge in [-0.15, -0.1) is 0 Å². The molecule has 2 rings (SSSR count). The van der Waals surface area contributed by atoms with Crippen LogP contribution in [0.1, 0.15) is 103 Å². The molecule has 0 aromatic heterocycles. The van der Waals surface area contributed by atoms with Gasteiger partial charge in [-0.25, -0.2) is 4.79 Å². The maximum absolute atomic E-state index is 12.8. The van der Waals surface area contributed by atoms with Crippen molar-refractivity contribution < 1.29 is 24.2 Å². The van der Waals surface area contributed by atoms with Gasteiger partial charge < -0.3 is 25.8 Å². The van der Waals surface area contributed by atoms with Crippen LogP contribution in [0, 0.1) is 5.92 Å². The molecule has 3 amide bonds. The van der Waals surface area contributed by atoms with E-state index >= 15 is 0 Å². The van der Waals surface area contributed by atoms with E-state index in [4.69, 9.17) is 9.84 Å². The zero-order valence-electron chi connectivity index (χ0n) is 23.3. The van der Waals surface area contributed by atoms with E-state index in [1.54, 1.807) is 7.11 Å². The standard InChI is InChI=1S/C24H37N3O4.C5H12O/c1-3-17(2)19-12-9-13-20(16-19)26-24(31)27-22(18-10-5-4-6-11-18)23(30)25-15-8-7-14-21(28)29;1-3-4-5-6-2/h9,12-13,16-18,22H,3-8,10-11,14-15H2,1-2H3,(H,25,30)(H,28,29)(H2,26,27,31);3-5H2,1-2H3. The Balaban J connectivity index is 0.00000102. The fourth-order valence-corrected chi connectivity index (χ4v) is 4.34. The number of benzene rings is 1. The van der Waals surface area contributed by atoms with Crippen molar-refractivity contribution in [1.29, 1.82) is 0 Å². The molecule has 0 heterocycles. The third-order valence-corrected chi connectivity index (χ3v) is 6.83. The molecular weight excluding hydrogens is 470 g/mol. The van der Waals surface area contributed by atoms with Crippen LogP contribution in [0.25, 0.3) is 0 Å². The third kappa shape index (κ3) is 14.1. The summed E-state index contributed by atoms with van der Waals surface area (Å²) in [7, 11) is 1.73. The highest BCUT2D eigenvalue weighted by atomic mass is 16.5. The molecule has 2 unspecified atom stereocenters. The lowest BCUT2D eigenvalue weighted by molar-refractivity contribution is -0.137. The van der Waals surface area contributed by atoms with Gasteiger partial charge in [0, 0.05) is 32.4 Å². The molecule has 0 bridgehead atoms. The maximum Gasteiger partial charge on any atom is 0.319 e. The first-order valence-corrected chi connectivity index (χ1v) is 14.0. The quantitative estimate of drug-likeness (QED) is 0.222. The number of aliphatic carboxylic acids is 1. The van der Waals surface area contributed by atoms with Crippen molar-refractivity contribution in [1.82, 2.24) is 10.6 Å². The molecule has 210 valence electrons. The molecule has 37 heavy (non-hydrogen) atoms. The van der Waals surface area contributed by atoms with Crippen molar-refractivity contribution in [2.45, 2.75) is 103 Å². The highest BCUT2D eigenvalue weighted by Gasteiger charge is 2.30. The summed E-state index contributed by atoms with van der Waals surface area (Å²) in [6, 6.07) is 6.85. The van der Waals surface area contributed by atoms with Crippen molar-refractivity contribution in [3.8, 4) is 0 Å². The number of amides is 3. The first kappa shape index (κ1) is 32.4. The van der Waals surface area contributed by atoms with Gasteiger partial charge in [-0.3, -0.25) is 9.59 Å². The third-order valence-electron chi connectivity index (χ3n) is 6.83. The molecule has 1 aliphatic carbocycles. The second-order valence-electron chi connectivity index (χ2n) is 9.90. The summed E-state index contributed by atoms with van der Waals surface area (Å²) in [5, 5.41) is 17.4. The van der Waals surface area contributed by atoms with E-state index in [2.05, 4.69) is 42.8 Å². The summed E-state index contributed by atoms with van der Waals surface area (Å²) in [6.07, 6.45) is 9.78. The Labute approximate surface area is 223 Å². The molecule has 1 fully saturated rings. The number of hydrogen-bond donors (Lipinski definition) is 4. The van der Waals surface area contributed by atoms with Gasteiger partial charge in [-0.1, -0.05) is 58.6 Å². The number of carboxylic acids is 1. The van der Waals surface area contributed by atoms with Crippen LogP contribution >= 0.6 is 0 Å². The smallest absolute Gasteiger partial charge is 0.319 e. The van der Waals surface area contributed by atoms with Crippen LogP contribution in [0.5, 0.6) is 0 Å². The summed E-state index contributed by atoms with van der Waals surface area (Å²) in [4.78, 5) is 36.2. The van der Waals surface area contributed by atoms with Crippen molar-refractivity contribution in [2.75, 3.05) is 25.6 Å². The van der Waals surface area contributed by atoms with Crippen molar-refractivity contribution in [2.24, 2.45) is 5.92 Å². The molecule has 0 aliphatic heterocycles. The summed E-state index contributed by atoms with van der Waals surface area (Å²) in [5.41, 5.74) is 1.88. The molecule has 8 heteroatoms. The number of carbonyl (C=O) groups excluding carboxylic acids is 2. The predicted octanol–water partition coefficient (Wildman–Crippen LogP) is 6.07. The second kappa shape index (κ2) is 19.5. The van der Waals surface area contributed by atoms with Gasteiger partial charge in [0.05, 0.1) is 0 Å². The lowest BCUT2D eigenvalue weighted by Gasteiger charge is -2.30. The van der Waals surface area contributed by atoms with Gasteiger partial charge in [0.2, 0.25) is 5.91 Å². The van der Waals surface area contributed by atoms with Crippen LogP contribution in [0.3, 0.4) is 0 Å². The SMILES string of the molecule is CCC(C)c1cccc(NC(=O)NC(C(=O)NCCCCC(=O)O)C2CCCCC2)c1.CCCCOC. The van der Waals surface area contributed by atoms with Crippen LogP contribution in [0.2, 0.25) is 0 Å². The fraction of sp³-hybridized carbons (Fsp3) is 0.690. The second-order valence-corrected chi connectivity index (χ2v) is 9.90. The number of urea groups is 1. The Morgan fingerprint density at radius 1 is 1.08 bits per heavy atom. The number of anilines is 1. The van der Waals surface area contributed by atoms with Gasteiger partial charge in [0.1, 0.15) is 6.04 Å². The van der Waals surface area contributed by atoms with Crippen LogP contribution < -0.4 is 16.0 Å². The Morgan fingerprint density at radius 2 is 1.81 bits per heavy atom.